The molecular weight excluding hydrogens is 242 g/mol. The molecule has 0 bridgehead atoms. The minimum Gasteiger partial charge on any atom is -0.396 e. The van der Waals surface area contributed by atoms with E-state index in [2.05, 4.69) is 10.4 Å². The lowest BCUT2D eigenvalue weighted by Crippen LogP contribution is -2.26. The second-order valence-corrected chi connectivity index (χ2v) is 4.90. The van der Waals surface area contributed by atoms with Gasteiger partial charge in [0.15, 0.2) is 0 Å². The maximum Gasteiger partial charge on any atom is 0.244 e. The summed E-state index contributed by atoms with van der Waals surface area (Å²) in [7, 11) is 1.89. The lowest BCUT2D eigenvalue weighted by Gasteiger charge is -2.09. The monoisotopic (exact) mass is 265 g/mol. The molecular formula is C14H23N3O2. The van der Waals surface area contributed by atoms with E-state index in [-0.39, 0.29) is 18.4 Å². The van der Waals surface area contributed by atoms with Crippen molar-refractivity contribution in [3.63, 3.8) is 0 Å². The highest BCUT2D eigenvalue weighted by atomic mass is 16.3. The standard InChI is InChI=1S/C14H23N3O2/c1-10(7-8-18)9-15-14(19)6-5-13-11(2)16-17(4)12(13)3/h5-6,10,18H,7-9H2,1-4H3,(H,15,19). The normalized spacial score (nSPS) is 12.9. The molecule has 0 radical (unpaired) electrons. The Morgan fingerprint density at radius 1 is 1.53 bits per heavy atom. The number of nitrogens with one attached hydrogen (secondary N) is 1. The van der Waals surface area contributed by atoms with Gasteiger partial charge in [0.1, 0.15) is 0 Å². The number of rotatable bonds is 6. The zero-order valence-electron chi connectivity index (χ0n) is 12.1. The molecule has 0 saturated heterocycles. The molecule has 0 saturated carbocycles. The maximum atomic E-state index is 11.7. The van der Waals surface area contributed by atoms with E-state index in [4.69, 9.17) is 5.11 Å². The minimum absolute atomic E-state index is 0.118. The summed E-state index contributed by atoms with van der Waals surface area (Å²) in [5, 5.41) is 15.9. The van der Waals surface area contributed by atoms with Gasteiger partial charge >= 0.3 is 0 Å². The molecule has 19 heavy (non-hydrogen) atoms. The first-order valence-electron chi connectivity index (χ1n) is 6.52. The largest absolute Gasteiger partial charge is 0.396 e. The Labute approximate surface area is 114 Å². The number of carbonyl (C=O) groups is 1. The van der Waals surface area contributed by atoms with E-state index in [0.717, 1.165) is 17.0 Å². The van der Waals surface area contributed by atoms with Gasteiger partial charge in [-0.05, 0) is 32.3 Å². The van der Waals surface area contributed by atoms with Crippen LogP contribution in [0.4, 0.5) is 0 Å². The van der Waals surface area contributed by atoms with E-state index in [1.165, 1.54) is 6.08 Å². The lowest BCUT2D eigenvalue weighted by molar-refractivity contribution is -0.116. The molecule has 1 rings (SSSR count). The molecule has 5 heteroatoms. The van der Waals surface area contributed by atoms with Crippen molar-refractivity contribution < 1.29 is 9.90 Å². The van der Waals surface area contributed by atoms with E-state index >= 15 is 0 Å². The summed E-state index contributed by atoms with van der Waals surface area (Å²) in [6.45, 7) is 6.63. The predicted octanol–water partition coefficient (Wildman–Crippen LogP) is 1.18. The first-order chi connectivity index (χ1) is 8.95. The van der Waals surface area contributed by atoms with Crippen LogP contribution in [0.25, 0.3) is 6.08 Å². The van der Waals surface area contributed by atoms with E-state index in [1.54, 1.807) is 10.8 Å². The van der Waals surface area contributed by atoms with Crippen LogP contribution >= 0.6 is 0 Å². The second-order valence-electron chi connectivity index (χ2n) is 4.90. The van der Waals surface area contributed by atoms with Gasteiger partial charge in [0.05, 0.1) is 5.69 Å². The van der Waals surface area contributed by atoms with Crippen LogP contribution in [0.15, 0.2) is 6.08 Å². The molecule has 0 spiro atoms. The quantitative estimate of drug-likeness (QED) is 0.759. The summed E-state index contributed by atoms with van der Waals surface area (Å²) >= 11 is 0. The van der Waals surface area contributed by atoms with Gasteiger partial charge in [-0.15, -0.1) is 0 Å². The van der Waals surface area contributed by atoms with Gasteiger partial charge in [0.2, 0.25) is 5.91 Å². The average molecular weight is 265 g/mol. The van der Waals surface area contributed by atoms with Crippen molar-refractivity contribution in [3.05, 3.63) is 23.0 Å². The summed E-state index contributed by atoms with van der Waals surface area (Å²) in [6, 6.07) is 0. The highest BCUT2D eigenvalue weighted by molar-refractivity contribution is 5.91. The molecule has 0 aromatic carbocycles. The SMILES string of the molecule is Cc1nn(C)c(C)c1C=CC(=O)NCC(C)CCO. The third-order valence-electron chi connectivity index (χ3n) is 3.21. The van der Waals surface area contributed by atoms with Gasteiger partial charge in [-0.25, -0.2) is 0 Å². The number of hydrogen-bond acceptors (Lipinski definition) is 3. The zero-order chi connectivity index (χ0) is 14.4. The number of aliphatic hydroxyl groups excluding tert-OH is 1. The third kappa shape index (κ3) is 4.52. The Kier molecular flexibility index (Phi) is 5.76. The molecule has 1 heterocycles. The van der Waals surface area contributed by atoms with E-state index in [0.29, 0.717) is 13.0 Å². The van der Waals surface area contributed by atoms with Crippen LogP contribution in [-0.4, -0.2) is 33.9 Å². The molecule has 2 N–H and O–H groups in total. The van der Waals surface area contributed by atoms with Gasteiger partial charge in [0, 0.05) is 37.5 Å². The molecule has 5 nitrogen and oxygen atoms in total. The molecule has 1 unspecified atom stereocenters. The van der Waals surface area contributed by atoms with Crippen molar-refractivity contribution in [2.75, 3.05) is 13.2 Å². The van der Waals surface area contributed by atoms with E-state index in [9.17, 15) is 4.79 Å². The highest BCUT2D eigenvalue weighted by Crippen LogP contribution is 2.13. The fraction of sp³-hybridized carbons (Fsp3) is 0.571. The number of hydrogen-bond donors (Lipinski definition) is 2. The number of amides is 1. The average Bonchev–Trinajstić information content (AvgIpc) is 2.59. The van der Waals surface area contributed by atoms with Gasteiger partial charge in [-0.2, -0.15) is 5.10 Å². The van der Waals surface area contributed by atoms with Crippen molar-refractivity contribution in [3.8, 4) is 0 Å². The zero-order valence-corrected chi connectivity index (χ0v) is 12.1. The van der Waals surface area contributed by atoms with Gasteiger partial charge in [0.25, 0.3) is 0 Å². The minimum atomic E-state index is -0.118. The molecule has 1 atom stereocenters. The Morgan fingerprint density at radius 3 is 2.74 bits per heavy atom. The molecule has 0 fully saturated rings. The molecule has 0 aliphatic rings. The summed E-state index contributed by atoms with van der Waals surface area (Å²) in [5.74, 6) is 0.164. The Hall–Kier alpha value is -1.62. The van der Waals surface area contributed by atoms with Crippen LogP contribution in [-0.2, 0) is 11.8 Å². The number of aryl methyl sites for hydroxylation is 2. The first kappa shape index (κ1) is 15.4. The number of aromatic nitrogens is 2. The van der Waals surface area contributed by atoms with Crippen LogP contribution in [0.3, 0.4) is 0 Å². The maximum absolute atomic E-state index is 11.7. The third-order valence-corrected chi connectivity index (χ3v) is 3.21. The van der Waals surface area contributed by atoms with Crippen molar-refractivity contribution in [1.29, 1.82) is 0 Å². The Morgan fingerprint density at radius 2 is 2.21 bits per heavy atom. The molecule has 1 aromatic heterocycles. The summed E-state index contributed by atoms with van der Waals surface area (Å²) < 4.78 is 1.80. The summed E-state index contributed by atoms with van der Waals surface area (Å²) in [5.41, 5.74) is 2.94. The smallest absolute Gasteiger partial charge is 0.244 e. The van der Waals surface area contributed by atoms with Crippen LogP contribution in [0.5, 0.6) is 0 Å². The van der Waals surface area contributed by atoms with Crippen LogP contribution in [0.2, 0.25) is 0 Å². The molecule has 1 amide bonds. The topological polar surface area (TPSA) is 67.2 Å². The van der Waals surface area contributed by atoms with Crippen LogP contribution in [0.1, 0.15) is 30.3 Å². The van der Waals surface area contributed by atoms with Crippen molar-refractivity contribution >= 4 is 12.0 Å². The van der Waals surface area contributed by atoms with Crippen LogP contribution in [0, 0.1) is 19.8 Å². The van der Waals surface area contributed by atoms with Crippen molar-refractivity contribution in [1.82, 2.24) is 15.1 Å². The van der Waals surface area contributed by atoms with E-state index < -0.39 is 0 Å². The molecule has 106 valence electrons. The number of carbonyl (C=O) groups excluding carboxylic acids is 1. The summed E-state index contributed by atoms with van der Waals surface area (Å²) in [4.78, 5) is 11.7. The van der Waals surface area contributed by atoms with Gasteiger partial charge in [-0.3, -0.25) is 9.48 Å². The Balaban J connectivity index is 2.54. The van der Waals surface area contributed by atoms with Crippen molar-refractivity contribution in [2.24, 2.45) is 13.0 Å². The van der Waals surface area contributed by atoms with E-state index in [1.807, 2.05) is 27.8 Å². The lowest BCUT2D eigenvalue weighted by atomic mass is 10.1. The predicted molar refractivity (Wildman–Crippen MR) is 75.6 cm³/mol. The van der Waals surface area contributed by atoms with Gasteiger partial charge < -0.3 is 10.4 Å². The molecule has 1 aromatic rings. The number of aliphatic hydroxyl groups is 1. The Bertz CT molecular complexity index is 464. The first-order valence-corrected chi connectivity index (χ1v) is 6.52. The molecule has 0 aliphatic heterocycles. The second kappa shape index (κ2) is 7.09. The van der Waals surface area contributed by atoms with Crippen LogP contribution < -0.4 is 5.32 Å². The summed E-state index contributed by atoms with van der Waals surface area (Å²) in [6.07, 6.45) is 4.03. The highest BCUT2D eigenvalue weighted by Gasteiger charge is 2.07. The fourth-order valence-corrected chi connectivity index (χ4v) is 1.85. The fourth-order valence-electron chi connectivity index (χ4n) is 1.85. The van der Waals surface area contributed by atoms with Gasteiger partial charge in [-0.1, -0.05) is 6.92 Å². The van der Waals surface area contributed by atoms with Crippen molar-refractivity contribution in [2.45, 2.75) is 27.2 Å². The molecule has 0 aliphatic carbocycles. The number of nitrogens with zero attached hydrogens (tertiary/aromatic N) is 2.